The maximum absolute atomic E-state index is 12.5. The number of methoxy groups -OCH3 is 1. The van der Waals surface area contributed by atoms with Crippen LogP contribution in [0.15, 0.2) is 23.0 Å². The predicted molar refractivity (Wildman–Crippen MR) is 94.9 cm³/mol. The van der Waals surface area contributed by atoms with Crippen molar-refractivity contribution < 1.29 is 34.6 Å². The molecule has 1 aromatic carbocycles. The number of ether oxygens (including phenoxy) is 3. The van der Waals surface area contributed by atoms with Crippen LogP contribution in [0.2, 0.25) is 0 Å². The van der Waals surface area contributed by atoms with Gasteiger partial charge in [0.2, 0.25) is 6.29 Å². The molecule has 1 fully saturated rings. The Balaban J connectivity index is 2.09. The second-order valence-corrected chi connectivity index (χ2v) is 6.31. The predicted octanol–water partition coefficient (Wildman–Crippen LogP) is -0.722. The van der Waals surface area contributed by atoms with Gasteiger partial charge >= 0.3 is 0 Å². The van der Waals surface area contributed by atoms with Crippen LogP contribution in [0.1, 0.15) is 12.5 Å². The summed E-state index contributed by atoms with van der Waals surface area (Å²) in [5, 5.41) is 40.0. The Labute approximate surface area is 154 Å². The second kappa shape index (κ2) is 7.83. The normalized spacial score (nSPS) is 28.3. The molecule has 0 amide bonds. The summed E-state index contributed by atoms with van der Waals surface area (Å²) < 4.78 is 16.5. The number of H-pyrrole nitrogens is 1. The molecular formula is C18H23NO8. The van der Waals surface area contributed by atoms with Crippen molar-refractivity contribution in [2.45, 2.75) is 44.1 Å². The van der Waals surface area contributed by atoms with E-state index in [0.717, 1.165) is 0 Å². The highest BCUT2D eigenvalue weighted by atomic mass is 16.7. The van der Waals surface area contributed by atoms with Crippen LogP contribution >= 0.6 is 0 Å². The third-order valence-electron chi connectivity index (χ3n) is 4.71. The van der Waals surface area contributed by atoms with Gasteiger partial charge in [-0.3, -0.25) is 4.79 Å². The van der Waals surface area contributed by atoms with E-state index in [1.54, 1.807) is 25.1 Å². The highest BCUT2D eigenvalue weighted by Gasteiger charge is 2.45. The summed E-state index contributed by atoms with van der Waals surface area (Å²) in [7, 11) is 1.47. The third-order valence-corrected chi connectivity index (χ3v) is 4.71. The van der Waals surface area contributed by atoms with Crippen LogP contribution in [0.5, 0.6) is 11.5 Å². The van der Waals surface area contributed by atoms with Gasteiger partial charge < -0.3 is 39.6 Å². The van der Waals surface area contributed by atoms with Crippen molar-refractivity contribution in [1.29, 1.82) is 0 Å². The zero-order chi connectivity index (χ0) is 19.7. The first-order valence-electron chi connectivity index (χ1n) is 8.61. The number of aromatic amines is 1. The lowest BCUT2D eigenvalue weighted by Gasteiger charge is -2.39. The lowest BCUT2D eigenvalue weighted by Crippen LogP contribution is -2.60. The highest BCUT2D eigenvalue weighted by Crippen LogP contribution is 2.34. The van der Waals surface area contributed by atoms with Crippen molar-refractivity contribution in [3.05, 3.63) is 34.1 Å². The molecule has 5 atom stereocenters. The Morgan fingerprint density at radius 2 is 1.93 bits per heavy atom. The average Bonchev–Trinajstić information content (AvgIpc) is 2.67. The van der Waals surface area contributed by atoms with Gasteiger partial charge in [-0.2, -0.15) is 0 Å². The maximum Gasteiger partial charge on any atom is 0.255 e. The first kappa shape index (κ1) is 19.6. The largest absolute Gasteiger partial charge is 0.495 e. The molecule has 27 heavy (non-hydrogen) atoms. The fourth-order valence-corrected chi connectivity index (χ4v) is 3.21. The highest BCUT2D eigenvalue weighted by molar-refractivity contribution is 5.90. The number of pyridine rings is 1. The number of aliphatic hydroxyl groups is 4. The summed E-state index contributed by atoms with van der Waals surface area (Å²) in [6, 6.07) is 5.12. The molecule has 1 aromatic heterocycles. The van der Waals surface area contributed by atoms with E-state index in [0.29, 0.717) is 28.6 Å². The van der Waals surface area contributed by atoms with Crippen LogP contribution in [0.25, 0.3) is 10.9 Å². The SMILES string of the molecule is CCc1c(O[C@@H]2O[C@H](CO)[C@@H](O)[C@H](O)[C@H]2O)c2cccc(OC)c2[nH]c1=O. The smallest absolute Gasteiger partial charge is 0.255 e. The Bertz CT molecular complexity index is 864. The van der Waals surface area contributed by atoms with Crippen LogP contribution < -0.4 is 15.0 Å². The van der Waals surface area contributed by atoms with Crippen LogP contribution in [0.4, 0.5) is 0 Å². The summed E-state index contributed by atoms with van der Waals surface area (Å²) in [6.45, 7) is 1.20. The Kier molecular flexibility index (Phi) is 5.68. The summed E-state index contributed by atoms with van der Waals surface area (Å²) in [6.07, 6.45) is -6.80. The molecule has 0 spiro atoms. The minimum absolute atomic E-state index is 0.180. The van der Waals surface area contributed by atoms with Crippen molar-refractivity contribution in [2.75, 3.05) is 13.7 Å². The van der Waals surface area contributed by atoms with E-state index in [1.165, 1.54) is 7.11 Å². The van der Waals surface area contributed by atoms with E-state index in [-0.39, 0.29) is 11.3 Å². The van der Waals surface area contributed by atoms with Gasteiger partial charge in [-0.1, -0.05) is 13.0 Å². The molecule has 0 saturated carbocycles. The van der Waals surface area contributed by atoms with E-state index in [9.17, 15) is 25.2 Å². The number of hydrogen-bond donors (Lipinski definition) is 5. The van der Waals surface area contributed by atoms with Crippen molar-refractivity contribution >= 4 is 10.9 Å². The van der Waals surface area contributed by atoms with Crippen LogP contribution in [0, 0.1) is 0 Å². The first-order valence-corrected chi connectivity index (χ1v) is 8.61. The first-order chi connectivity index (χ1) is 12.9. The van der Waals surface area contributed by atoms with Gasteiger partial charge in [-0.25, -0.2) is 0 Å². The quantitative estimate of drug-likeness (QED) is 0.457. The molecule has 0 aliphatic carbocycles. The van der Waals surface area contributed by atoms with Gasteiger partial charge in [0.25, 0.3) is 5.56 Å². The molecule has 0 bridgehead atoms. The van der Waals surface area contributed by atoms with E-state index in [4.69, 9.17) is 14.2 Å². The van der Waals surface area contributed by atoms with Crippen molar-refractivity contribution in [2.24, 2.45) is 0 Å². The molecule has 0 unspecified atom stereocenters. The Hall–Kier alpha value is -2.17. The summed E-state index contributed by atoms with van der Waals surface area (Å²) >= 11 is 0. The maximum atomic E-state index is 12.5. The molecule has 9 heteroatoms. The van der Waals surface area contributed by atoms with Crippen LogP contribution in [0.3, 0.4) is 0 Å². The summed E-state index contributed by atoms with van der Waals surface area (Å²) in [5.74, 6) is 0.616. The van der Waals surface area contributed by atoms with Gasteiger partial charge in [-0.15, -0.1) is 0 Å². The fraction of sp³-hybridized carbons (Fsp3) is 0.500. The van der Waals surface area contributed by atoms with E-state index >= 15 is 0 Å². The van der Waals surface area contributed by atoms with Gasteiger partial charge in [0.05, 0.1) is 24.8 Å². The molecule has 0 radical (unpaired) electrons. The number of para-hydroxylation sites is 1. The van der Waals surface area contributed by atoms with Crippen LogP contribution in [-0.2, 0) is 11.2 Å². The molecule has 1 saturated heterocycles. The second-order valence-electron chi connectivity index (χ2n) is 6.31. The molecule has 2 aromatic rings. The lowest BCUT2D eigenvalue weighted by molar-refractivity contribution is -0.277. The molecule has 5 N–H and O–H groups in total. The number of hydrogen-bond acceptors (Lipinski definition) is 8. The summed E-state index contributed by atoms with van der Waals surface area (Å²) in [5.41, 5.74) is 0.364. The van der Waals surface area contributed by atoms with E-state index in [2.05, 4.69) is 4.98 Å². The van der Waals surface area contributed by atoms with E-state index < -0.39 is 37.3 Å². The molecule has 9 nitrogen and oxygen atoms in total. The zero-order valence-corrected chi connectivity index (χ0v) is 15.0. The Morgan fingerprint density at radius 3 is 2.56 bits per heavy atom. The zero-order valence-electron chi connectivity index (χ0n) is 15.0. The number of nitrogens with one attached hydrogen (secondary N) is 1. The van der Waals surface area contributed by atoms with Crippen molar-refractivity contribution in [3.63, 3.8) is 0 Å². The standard InChI is InChI=1S/C18H23NO8/c1-3-8-16(9-5-4-6-10(25-2)12(9)19-17(8)24)27-18-15(23)14(22)13(21)11(7-20)26-18/h4-6,11,13-15,18,20-23H,3,7H2,1-2H3,(H,19,24)/t11-,13-,14+,15-,18+/m1/s1. The van der Waals surface area contributed by atoms with Crippen LogP contribution in [-0.4, -0.2) is 69.8 Å². The van der Waals surface area contributed by atoms with Gasteiger partial charge in [0.1, 0.15) is 35.9 Å². The number of aromatic nitrogens is 1. The van der Waals surface area contributed by atoms with Crippen molar-refractivity contribution in [1.82, 2.24) is 4.98 Å². The van der Waals surface area contributed by atoms with Crippen molar-refractivity contribution in [3.8, 4) is 11.5 Å². The Morgan fingerprint density at radius 1 is 1.19 bits per heavy atom. The fourth-order valence-electron chi connectivity index (χ4n) is 3.21. The monoisotopic (exact) mass is 381 g/mol. The lowest BCUT2D eigenvalue weighted by atomic mass is 9.99. The minimum atomic E-state index is -1.58. The van der Waals surface area contributed by atoms with Gasteiger partial charge in [0, 0.05) is 5.39 Å². The number of fused-ring (bicyclic) bond motifs is 1. The molecule has 3 rings (SSSR count). The molecule has 2 heterocycles. The van der Waals surface area contributed by atoms with Gasteiger partial charge in [0.15, 0.2) is 0 Å². The number of benzene rings is 1. The minimum Gasteiger partial charge on any atom is -0.495 e. The molecular weight excluding hydrogens is 358 g/mol. The van der Waals surface area contributed by atoms with E-state index in [1.807, 2.05) is 0 Å². The molecule has 1 aliphatic rings. The number of rotatable bonds is 5. The third kappa shape index (κ3) is 3.40. The summed E-state index contributed by atoms with van der Waals surface area (Å²) in [4.78, 5) is 15.2. The molecule has 148 valence electrons. The number of aliphatic hydroxyl groups excluding tert-OH is 4. The average molecular weight is 381 g/mol. The topological polar surface area (TPSA) is 141 Å². The molecule has 1 aliphatic heterocycles. The van der Waals surface area contributed by atoms with Gasteiger partial charge in [-0.05, 0) is 18.6 Å².